The smallest absolute Gasteiger partial charge is 0.194 e. The average Bonchev–Trinajstić information content (AvgIpc) is 2.39. The summed E-state index contributed by atoms with van der Waals surface area (Å²) in [5.41, 5.74) is -0.704. The highest BCUT2D eigenvalue weighted by Gasteiger charge is 2.17. The second-order valence-corrected chi connectivity index (χ2v) is 4.09. The van der Waals surface area contributed by atoms with E-state index in [9.17, 15) is 26.7 Å². The molecule has 0 bridgehead atoms. The molecule has 0 N–H and O–H groups in total. The Morgan fingerprint density at radius 3 is 2.05 bits per heavy atom. The van der Waals surface area contributed by atoms with Crippen molar-refractivity contribution in [3.8, 4) is 0 Å². The number of rotatable bonds is 3. The van der Waals surface area contributed by atoms with E-state index in [1.165, 1.54) is 0 Å². The van der Waals surface area contributed by atoms with Gasteiger partial charge in [-0.3, -0.25) is 4.79 Å². The lowest BCUT2D eigenvalue weighted by Gasteiger charge is -2.05. The lowest BCUT2D eigenvalue weighted by atomic mass is 10.0. The molecule has 104 valence electrons. The van der Waals surface area contributed by atoms with Gasteiger partial charge in [0.15, 0.2) is 23.2 Å². The van der Waals surface area contributed by atoms with Crippen molar-refractivity contribution in [3.63, 3.8) is 0 Å². The van der Waals surface area contributed by atoms with Gasteiger partial charge in [0.1, 0.15) is 11.6 Å². The molecule has 1 nitrogen and oxygen atoms in total. The quantitative estimate of drug-likeness (QED) is 0.476. The maximum absolute atomic E-state index is 13.3. The molecule has 0 aliphatic heterocycles. The highest BCUT2D eigenvalue weighted by atomic mass is 19.2. The van der Waals surface area contributed by atoms with E-state index in [1.807, 2.05) is 0 Å². The monoisotopic (exact) mass is 286 g/mol. The third kappa shape index (κ3) is 2.84. The van der Waals surface area contributed by atoms with Crippen LogP contribution in [0.2, 0.25) is 0 Å². The van der Waals surface area contributed by atoms with Crippen LogP contribution >= 0.6 is 0 Å². The molecular weight excluding hydrogens is 279 g/mol. The van der Waals surface area contributed by atoms with E-state index < -0.39 is 46.9 Å². The minimum absolute atomic E-state index is 0.250. The first kappa shape index (κ1) is 14.2. The molecule has 0 radical (unpaired) electrons. The summed E-state index contributed by atoms with van der Waals surface area (Å²) >= 11 is 0. The van der Waals surface area contributed by atoms with Gasteiger partial charge in [-0.2, -0.15) is 0 Å². The Labute approximate surface area is 110 Å². The molecule has 2 aromatic rings. The van der Waals surface area contributed by atoms with Crippen LogP contribution < -0.4 is 0 Å². The van der Waals surface area contributed by atoms with Crippen molar-refractivity contribution in [2.75, 3.05) is 0 Å². The summed E-state index contributed by atoms with van der Waals surface area (Å²) < 4.78 is 65.0. The summed E-state index contributed by atoms with van der Waals surface area (Å²) in [5, 5.41) is 0. The normalized spacial score (nSPS) is 10.7. The maximum Gasteiger partial charge on any atom is 0.194 e. The van der Waals surface area contributed by atoms with Gasteiger partial charge >= 0.3 is 0 Å². The molecular formula is C14H7F5O. The van der Waals surface area contributed by atoms with E-state index in [-0.39, 0.29) is 5.56 Å². The molecule has 2 rings (SSSR count). The Kier molecular flexibility index (Phi) is 3.83. The Balaban J connectivity index is 2.31. The number of benzene rings is 2. The van der Waals surface area contributed by atoms with Gasteiger partial charge in [-0.1, -0.05) is 0 Å². The number of ketones is 1. The van der Waals surface area contributed by atoms with Crippen molar-refractivity contribution < 1.29 is 26.7 Å². The van der Waals surface area contributed by atoms with Crippen LogP contribution in [0.5, 0.6) is 0 Å². The predicted octanol–water partition coefficient (Wildman–Crippen LogP) is 3.81. The van der Waals surface area contributed by atoms with Gasteiger partial charge in [0, 0.05) is 12.0 Å². The van der Waals surface area contributed by atoms with Crippen molar-refractivity contribution in [1.82, 2.24) is 0 Å². The molecule has 0 aromatic heterocycles. The zero-order valence-corrected chi connectivity index (χ0v) is 9.89. The van der Waals surface area contributed by atoms with Crippen LogP contribution in [0, 0.1) is 29.1 Å². The summed E-state index contributed by atoms with van der Waals surface area (Å²) in [4.78, 5) is 11.7. The van der Waals surface area contributed by atoms with Gasteiger partial charge < -0.3 is 0 Å². The molecule has 20 heavy (non-hydrogen) atoms. The Bertz CT molecular complexity index is 658. The molecule has 0 unspecified atom stereocenters. The predicted molar refractivity (Wildman–Crippen MR) is 60.7 cm³/mol. The number of halogens is 5. The summed E-state index contributed by atoms with van der Waals surface area (Å²) in [6.45, 7) is 0. The van der Waals surface area contributed by atoms with Gasteiger partial charge in [0.25, 0.3) is 0 Å². The summed E-state index contributed by atoms with van der Waals surface area (Å²) in [6.07, 6.45) is -0.589. The number of hydrogen-bond donors (Lipinski definition) is 0. The van der Waals surface area contributed by atoms with E-state index in [2.05, 4.69) is 0 Å². The Morgan fingerprint density at radius 2 is 1.45 bits per heavy atom. The lowest BCUT2D eigenvalue weighted by Crippen LogP contribution is -2.08. The molecule has 0 saturated heterocycles. The lowest BCUT2D eigenvalue weighted by molar-refractivity contribution is 0.0990. The Morgan fingerprint density at radius 1 is 0.850 bits per heavy atom. The van der Waals surface area contributed by atoms with E-state index in [0.29, 0.717) is 12.1 Å². The third-order valence-electron chi connectivity index (χ3n) is 2.66. The molecule has 0 amide bonds. The number of Topliss-reactive ketones (excluding diaryl/α,β-unsaturated/α-hetero) is 1. The SMILES string of the molecule is O=C(Cc1cc(F)ccc1F)c1cc(F)c(F)c(F)c1. The standard InChI is InChI=1S/C14H7F5O/c15-9-1-2-10(16)7(3-9)6-13(20)8-4-11(17)14(19)12(18)5-8/h1-5H,6H2. The van der Waals surface area contributed by atoms with E-state index in [1.54, 1.807) is 0 Å². The van der Waals surface area contributed by atoms with Gasteiger partial charge in [-0.25, -0.2) is 22.0 Å². The highest BCUT2D eigenvalue weighted by Crippen LogP contribution is 2.17. The number of carbonyl (C=O) groups excluding carboxylic acids is 1. The second-order valence-electron chi connectivity index (χ2n) is 4.09. The molecule has 0 fully saturated rings. The first-order valence-electron chi connectivity index (χ1n) is 5.50. The molecule has 6 heteroatoms. The van der Waals surface area contributed by atoms with Crippen LogP contribution in [-0.4, -0.2) is 5.78 Å². The fourth-order valence-electron chi connectivity index (χ4n) is 1.67. The first-order valence-corrected chi connectivity index (χ1v) is 5.50. The first-order chi connectivity index (χ1) is 9.38. The Hall–Kier alpha value is -2.24. The van der Waals surface area contributed by atoms with E-state index in [0.717, 1.165) is 18.2 Å². The average molecular weight is 286 g/mol. The number of carbonyl (C=O) groups is 1. The summed E-state index contributed by atoms with van der Waals surface area (Å²) in [7, 11) is 0. The molecule has 0 atom stereocenters. The largest absolute Gasteiger partial charge is 0.294 e. The molecule has 0 saturated carbocycles. The molecule has 0 spiro atoms. The van der Waals surface area contributed by atoms with Crippen LogP contribution in [0.1, 0.15) is 15.9 Å². The summed E-state index contributed by atoms with van der Waals surface area (Å²) in [6, 6.07) is 3.55. The fraction of sp³-hybridized carbons (Fsp3) is 0.0714. The van der Waals surface area contributed by atoms with E-state index >= 15 is 0 Å². The van der Waals surface area contributed by atoms with Crippen molar-refractivity contribution >= 4 is 5.78 Å². The van der Waals surface area contributed by atoms with Gasteiger partial charge in [-0.05, 0) is 35.9 Å². The van der Waals surface area contributed by atoms with Gasteiger partial charge in [0.05, 0.1) is 0 Å². The second kappa shape index (κ2) is 5.40. The van der Waals surface area contributed by atoms with Crippen molar-refractivity contribution in [3.05, 3.63) is 70.5 Å². The van der Waals surface area contributed by atoms with Crippen molar-refractivity contribution in [2.45, 2.75) is 6.42 Å². The zero-order chi connectivity index (χ0) is 14.9. The van der Waals surface area contributed by atoms with Crippen LogP contribution in [0.3, 0.4) is 0 Å². The van der Waals surface area contributed by atoms with E-state index in [4.69, 9.17) is 0 Å². The molecule has 0 aliphatic rings. The van der Waals surface area contributed by atoms with Crippen LogP contribution in [0.4, 0.5) is 22.0 Å². The molecule has 0 aliphatic carbocycles. The van der Waals surface area contributed by atoms with Crippen molar-refractivity contribution in [2.24, 2.45) is 0 Å². The number of hydrogen-bond acceptors (Lipinski definition) is 1. The van der Waals surface area contributed by atoms with Crippen LogP contribution in [0.15, 0.2) is 30.3 Å². The van der Waals surface area contributed by atoms with Crippen molar-refractivity contribution in [1.29, 1.82) is 0 Å². The fourth-order valence-corrected chi connectivity index (χ4v) is 1.67. The third-order valence-corrected chi connectivity index (χ3v) is 2.66. The van der Waals surface area contributed by atoms with Gasteiger partial charge in [0.2, 0.25) is 0 Å². The molecule has 0 heterocycles. The summed E-state index contributed by atoms with van der Waals surface area (Å²) in [5.74, 6) is -7.15. The topological polar surface area (TPSA) is 17.1 Å². The van der Waals surface area contributed by atoms with Crippen LogP contribution in [0.25, 0.3) is 0 Å². The van der Waals surface area contributed by atoms with Crippen LogP contribution in [-0.2, 0) is 6.42 Å². The highest BCUT2D eigenvalue weighted by molar-refractivity contribution is 5.97. The zero-order valence-electron chi connectivity index (χ0n) is 9.89. The van der Waals surface area contributed by atoms with Gasteiger partial charge in [-0.15, -0.1) is 0 Å². The maximum atomic E-state index is 13.3. The molecule has 2 aromatic carbocycles. The minimum Gasteiger partial charge on any atom is -0.294 e. The minimum atomic E-state index is -1.70.